The maximum Gasteiger partial charge on any atom is 0.120 e. The van der Waals surface area contributed by atoms with Gasteiger partial charge in [0.1, 0.15) is 5.75 Å². The van der Waals surface area contributed by atoms with Crippen LogP contribution < -0.4 is 5.32 Å². The first-order chi connectivity index (χ1) is 8.22. The van der Waals surface area contributed by atoms with Gasteiger partial charge in [0.05, 0.1) is 6.04 Å². The molecule has 1 saturated heterocycles. The minimum Gasteiger partial charge on any atom is -0.508 e. The lowest BCUT2D eigenvalue weighted by atomic mass is 10.0. The van der Waals surface area contributed by atoms with Crippen molar-refractivity contribution in [2.24, 2.45) is 0 Å². The van der Waals surface area contributed by atoms with Gasteiger partial charge in [-0.25, -0.2) is 0 Å². The van der Waals surface area contributed by atoms with Crippen molar-refractivity contribution in [3.8, 4) is 5.75 Å². The number of phenolic OH excluding ortho intramolecular Hbond substituents is 1. The van der Waals surface area contributed by atoms with Gasteiger partial charge in [0, 0.05) is 36.2 Å². The average Bonchev–Trinajstić information content (AvgIpc) is 2.36. The van der Waals surface area contributed by atoms with E-state index < -0.39 is 0 Å². The van der Waals surface area contributed by atoms with Gasteiger partial charge in [-0.15, -0.1) is 6.58 Å². The van der Waals surface area contributed by atoms with Gasteiger partial charge in [-0.1, -0.05) is 22.0 Å². The lowest BCUT2D eigenvalue weighted by Crippen LogP contribution is -2.44. The second-order valence-electron chi connectivity index (χ2n) is 4.17. The van der Waals surface area contributed by atoms with Crippen molar-refractivity contribution in [1.82, 2.24) is 10.2 Å². The van der Waals surface area contributed by atoms with E-state index in [0.29, 0.717) is 5.75 Å². The molecule has 0 bridgehead atoms. The number of nitrogens with one attached hydrogen (secondary N) is 1. The fourth-order valence-corrected chi connectivity index (χ4v) is 2.57. The number of nitrogens with zero attached hydrogens (tertiary/aromatic N) is 1. The second-order valence-corrected chi connectivity index (χ2v) is 5.09. The van der Waals surface area contributed by atoms with Gasteiger partial charge in [0.2, 0.25) is 0 Å². The maximum absolute atomic E-state index is 9.96. The number of aromatic hydroxyl groups is 1. The summed E-state index contributed by atoms with van der Waals surface area (Å²) in [7, 11) is 0. The molecule has 4 heteroatoms. The second kappa shape index (κ2) is 5.67. The largest absolute Gasteiger partial charge is 0.508 e. The highest BCUT2D eigenvalue weighted by molar-refractivity contribution is 9.10. The lowest BCUT2D eigenvalue weighted by Gasteiger charge is -2.33. The third-order valence-corrected chi connectivity index (χ3v) is 3.57. The summed E-state index contributed by atoms with van der Waals surface area (Å²) >= 11 is 3.44. The van der Waals surface area contributed by atoms with Gasteiger partial charge in [0.15, 0.2) is 0 Å². The van der Waals surface area contributed by atoms with E-state index in [1.54, 1.807) is 6.07 Å². The highest BCUT2D eigenvalue weighted by atomic mass is 79.9. The molecular formula is C13H17BrN2O. The highest BCUT2D eigenvalue weighted by Crippen LogP contribution is 2.32. The van der Waals surface area contributed by atoms with Crippen molar-refractivity contribution in [2.75, 3.05) is 26.2 Å². The Hall–Kier alpha value is -0.840. The van der Waals surface area contributed by atoms with E-state index in [1.807, 2.05) is 18.2 Å². The van der Waals surface area contributed by atoms with Crippen molar-refractivity contribution in [3.63, 3.8) is 0 Å². The Morgan fingerprint density at radius 2 is 2.12 bits per heavy atom. The molecule has 0 aliphatic carbocycles. The third-order valence-electron chi connectivity index (χ3n) is 3.08. The quantitative estimate of drug-likeness (QED) is 0.840. The van der Waals surface area contributed by atoms with Gasteiger partial charge >= 0.3 is 0 Å². The molecule has 1 aromatic rings. The molecule has 0 saturated carbocycles. The number of phenols is 1. The summed E-state index contributed by atoms with van der Waals surface area (Å²) in [5, 5.41) is 13.3. The van der Waals surface area contributed by atoms with Crippen LogP contribution in [0.3, 0.4) is 0 Å². The Kier molecular flexibility index (Phi) is 4.20. The van der Waals surface area contributed by atoms with Crippen LogP contribution in [0.1, 0.15) is 11.6 Å². The van der Waals surface area contributed by atoms with Crippen LogP contribution in [-0.2, 0) is 0 Å². The Morgan fingerprint density at radius 1 is 1.41 bits per heavy atom. The van der Waals surface area contributed by atoms with Crippen molar-refractivity contribution in [1.29, 1.82) is 0 Å². The first kappa shape index (κ1) is 12.6. The summed E-state index contributed by atoms with van der Waals surface area (Å²) in [4.78, 5) is 2.32. The minimum absolute atomic E-state index is 0.0783. The van der Waals surface area contributed by atoms with Gasteiger partial charge in [-0.2, -0.15) is 0 Å². The molecule has 1 aromatic carbocycles. The predicted octanol–water partition coefficient (Wildman–Crippen LogP) is 2.29. The number of halogens is 1. The first-order valence-corrected chi connectivity index (χ1v) is 6.57. The topological polar surface area (TPSA) is 35.5 Å². The SMILES string of the molecule is C=C[C@@H](c1cc(Br)ccc1O)N1CCNCC1. The molecule has 3 nitrogen and oxygen atoms in total. The number of hydrogen-bond donors (Lipinski definition) is 2. The first-order valence-electron chi connectivity index (χ1n) is 5.78. The van der Waals surface area contributed by atoms with E-state index in [1.165, 1.54) is 0 Å². The molecule has 1 aliphatic rings. The molecule has 0 spiro atoms. The standard InChI is InChI=1S/C13H17BrN2O/c1-2-12(16-7-5-15-6-8-16)11-9-10(14)3-4-13(11)17/h2-4,9,12,15,17H,1,5-8H2/t12-/m0/s1. The van der Waals surface area contributed by atoms with Gasteiger partial charge < -0.3 is 10.4 Å². The molecule has 0 unspecified atom stereocenters. The van der Waals surface area contributed by atoms with Gasteiger partial charge in [0.25, 0.3) is 0 Å². The Labute approximate surface area is 110 Å². The number of piperazine rings is 1. The predicted molar refractivity (Wildman–Crippen MR) is 73.2 cm³/mol. The molecule has 1 aliphatic heterocycles. The zero-order valence-electron chi connectivity index (χ0n) is 9.69. The van der Waals surface area contributed by atoms with Crippen LogP contribution in [0.15, 0.2) is 35.3 Å². The summed E-state index contributed by atoms with van der Waals surface area (Å²) in [6.45, 7) is 7.82. The van der Waals surface area contributed by atoms with E-state index in [4.69, 9.17) is 0 Å². The molecule has 0 aromatic heterocycles. The van der Waals surface area contributed by atoms with E-state index in [2.05, 4.69) is 32.7 Å². The summed E-state index contributed by atoms with van der Waals surface area (Å²) in [6.07, 6.45) is 1.90. The molecule has 2 rings (SSSR count). The summed E-state index contributed by atoms with van der Waals surface area (Å²) < 4.78 is 0.979. The summed E-state index contributed by atoms with van der Waals surface area (Å²) in [5.74, 6) is 0.330. The summed E-state index contributed by atoms with van der Waals surface area (Å²) in [6, 6.07) is 5.60. The molecule has 17 heavy (non-hydrogen) atoms. The van der Waals surface area contributed by atoms with Crippen LogP contribution in [0.4, 0.5) is 0 Å². The van der Waals surface area contributed by atoms with Crippen LogP contribution in [-0.4, -0.2) is 36.2 Å². The lowest BCUT2D eigenvalue weighted by molar-refractivity contribution is 0.201. The van der Waals surface area contributed by atoms with Crippen LogP contribution >= 0.6 is 15.9 Å². The highest BCUT2D eigenvalue weighted by Gasteiger charge is 2.21. The normalized spacial score (nSPS) is 18.9. The molecule has 1 atom stereocenters. The number of rotatable bonds is 3. The van der Waals surface area contributed by atoms with Crippen LogP contribution in [0.5, 0.6) is 5.75 Å². The average molecular weight is 297 g/mol. The maximum atomic E-state index is 9.96. The van der Waals surface area contributed by atoms with Crippen molar-refractivity contribution >= 4 is 15.9 Å². The third kappa shape index (κ3) is 2.89. The monoisotopic (exact) mass is 296 g/mol. The van der Waals surface area contributed by atoms with E-state index in [9.17, 15) is 5.11 Å². The molecule has 1 heterocycles. The molecule has 2 N–H and O–H groups in total. The van der Waals surface area contributed by atoms with Crippen LogP contribution in [0.25, 0.3) is 0 Å². The minimum atomic E-state index is 0.0783. The smallest absolute Gasteiger partial charge is 0.120 e. The van der Waals surface area contributed by atoms with Gasteiger partial charge in [-0.3, -0.25) is 4.90 Å². The Morgan fingerprint density at radius 3 is 2.76 bits per heavy atom. The molecule has 0 radical (unpaired) electrons. The van der Waals surface area contributed by atoms with Crippen molar-refractivity contribution in [3.05, 3.63) is 40.9 Å². The fourth-order valence-electron chi connectivity index (χ4n) is 2.20. The fraction of sp³-hybridized carbons (Fsp3) is 0.385. The molecule has 0 amide bonds. The van der Waals surface area contributed by atoms with Crippen molar-refractivity contribution in [2.45, 2.75) is 6.04 Å². The van der Waals surface area contributed by atoms with Gasteiger partial charge in [-0.05, 0) is 18.2 Å². The molecule has 92 valence electrons. The van der Waals surface area contributed by atoms with E-state index in [0.717, 1.165) is 36.2 Å². The number of hydrogen-bond acceptors (Lipinski definition) is 3. The van der Waals surface area contributed by atoms with E-state index >= 15 is 0 Å². The molecule has 1 fully saturated rings. The zero-order valence-corrected chi connectivity index (χ0v) is 11.3. The Balaban J connectivity index is 2.27. The Bertz CT molecular complexity index is 402. The van der Waals surface area contributed by atoms with Crippen molar-refractivity contribution < 1.29 is 5.11 Å². The number of benzene rings is 1. The summed E-state index contributed by atoms with van der Waals surface area (Å²) in [5.41, 5.74) is 0.913. The van der Waals surface area contributed by atoms with E-state index in [-0.39, 0.29) is 6.04 Å². The van der Waals surface area contributed by atoms with Crippen LogP contribution in [0.2, 0.25) is 0 Å². The zero-order chi connectivity index (χ0) is 12.3. The molecular weight excluding hydrogens is 280 g/mol. The van der Waals surface area contributed by atoms with Crippen LogP contribution in [0, 0.1) is 0 Å².